The molecule has 2 fully saturated rings. The van der Waals surface area contributed by atoms with E-state index in [0.717, 1.165) is 25.8 Å². The van der Waals surface area contributed by atoms with Gasteiger partial charge in [0, 0.05) is 37.2 Å². The van der Waals surface area contributed by atoms with Crippen LogP contribution in [-0.4, -0.2) is 75.4 Å². The summed E-state index contributed by atoms with van der Waals surface area (Å²) in [6, 6.07) is 1.33. The molecule has 1 unspecified atom stereocenters. The fourth-order valence-electron chi connectivity index (χ4n) is 3.72. The summed E-state index contributed by atoms with van der Waals surface area (Å²) in [5, 5.41) is 3.66. The van der Waals surface area contributed by atoms with Crippen LogP contribution in [0.1, 0.15) is 39.5 Å². The summed E-state index contributed by atoms with van der Waals surface area (Å²) < 4.78 is 5.84. The summed E-state index contributed by atoms with van der Waals surface area (Å²) in [5.41, 5.74) is 0.327. The number of nitrogens with zero attached hydrogens (tertiary/aromatic N) is 2. The predicted molar refractivity (Wildman–Crippen MR) is 88.8 cm³/mol. The van der Waals surface area contributed by atoms with Gasteiger partial charge in [0.05, 0.1) is 6.61 Å². The Balaban J connectivity index is 1.87. The zero-order valence-corrected chi connectivity index (χ0v) is 14.5. The molecular formula is C17H35N3O. The zero-order chi connectivity index (χ0) is 15.3. The zero-order valence-electron chi connectivity index (χ0n) is 14.5. The van der Waals surface area contributed by atoms with Crippen LogP contribution in [0.2, 0.25) is 0 Å². The first-order valence-electron chi connectivity index (χ1n) is 8.71. The molecule has 1 atom stereocenters. The van der Waals surface area contributed by atoms with Gasteiger partial charge >= 0.3 is 0 Å². The molecule has 0 aliphatic carbocycles. The first kappa shape index (κ1) is 17.2. The van der Waals surface area contributed by atoms with E-state index in [0.29, 0.717) is 11.5 Å². The van der Waals surface area contributed by atoms with Gasteiger partial charge in [-0.15, -0.1) is 0 Å². The van der Waals surface area contributed by atoms with Crippen LogP contribution in [0.4, 0.5) is 0 Å². The number of piperidine rings is 1. The van der Waals surface area contributed by atoms with Gasteiger partial charge in [-0.3, -0.25) is 0 Å². The van der Waals surface area contributed by atoms with Gasteiger partial charge in [-0.05, 0) is 52.9 Å². The van der Waals surface area contributed by atoms with E-state index in [1.54, 1.807) is 0 Å². The topological polar surface area (TPSA) is 27.7 Å². The Morgan fingerprint density at radius 1 is 1.29 bits per heavy atom. The van der Waals surface area contributed by atoms with Gasteiger partial charge in [0.1, 0.15) is 0 Å². The fourth-order valence-corrected chi connectivity index (χ4v) is 3.72. The third kappa shape index (κ3) is 5.20. The SMILES string of the molecule is CC(C)NCC1(CN2CCC(N(C)C)CC2)CCCOC1. The molecule has 0 saturated carbocycles. The second-order valence-corrected chi connectivity index (χ2v) is 7.66. The van der Waals surface area contributed by atoms with Gasteiger partial charge in [-0.1, -0.05) is 13.8 Å². The minimum Gasteiger partial charge on any atom is -0.381 e. The molecule has 2 saturated heterocycles. The molecule has 0 amide bonds. The van der Waals surface area contributed by atoms with Crippen LogP contribution in [0.5, 0.6) is 0 Å². The molecule has 4 nitrogen and oxygen atoms in total. The van der Waals surface area contributed by atoms with Crippen LogP contribution in [0.25, 0.3) is 0 Å². The van der Waals surface area contributed by atoms with Crippen LogP contribution in [0, 0.1) is 5.41 Å². The highest BCUT2D eigenvalue weighted by molar-refractivity contribution is 4.89. The summed E-state index contributed by atoms with van der Waals surface area (Å²) >= 11 is 0. The van der Waals surface area contributed by atoms with Crippen molar-refractivity contribution in [3.8, 4) is 0 Å². The molecule has 124 valence electrons. The molecule has 2 aliphatic heterocycles. The Labute approximate surface area is 131 Å². The van der Waals surface area contributed by atoms with Crippen molar-refractivity contribution in [1.82, 2.24) is 15.1 Å². The maximum Gasteiger partial charge on any atom is 0.0546 e. The Hall–Kier alpha value is -0.160. The Kier molecular flexibility index (Phi) is 6.48. The summed E-state index contributed by atoms with van der Waals surface area (Å²) in [6.45, 7) is 11.1. The predicted octanol–water partition coefficient (Wildman–Crippen LogP) is 1.81. The first-order valence-corrected chi connectivity index (χ1v) is 8.71. The number of hydrogen-bond acceptors (Lipinski definition) is 4. The molecule has 2 rings (SSSR count). The van der Waals surface area contributed by atoms with Gasteiger partial charge < -0.3 is 19.9 Å². The number of hydrogen-bond donors (Lipinski definition) is 1. The van der Waals surface area contributed by atoms with Crippen molar-refractivity contribution in [3.05, 3.63) is 0 Å². The average molecular weight is 297 g/mol. The lowest BCUT2D eigenvalue weighted by molar-refractivity contribution is -0.0322. The highest BCUT2D eigenvalue weighted by Crippen LogP contribution is 2.30. The van der Waals surface area contributed by atoms with Crippen LogP contribution < -0.4 is 5.32 Å². The second kappa shape index (κ2) is 7.91. The molecule has 0 aromatic carbocycles. The quantitative estimate of drug-likeness (QED) is 0.809. The summed E-state index contributed by atoms with van der Waals surface area (Å²) in [5.74, 6) is 0. The Morgan fingerprint density at radius 2 is 2.00 bits per heavy atom. The highest BCUT2D eigenvalue weighted by atomic mass is 16.5. The maximum absolute atomic E-state index is 5.84. The molecule has 2 aliphatic rings. The van der Waals surface area contributed by atoms with Crippen molar-refractivity contribution in [2.24, 2.45) is 5.41 Å². The van der Waals surface area contributed by atoms with Crippen LogP contribution >= 0.6 is 0 Å². The van der Waals surface area contributed by atoms with Crippen LogP contribution in [-0.2, 0) is 4.74 Å². The third-order valence-electron chi connectivity index (χ3n) is 5.14. The molecule has 0 radical (unpaired) electrons. The minimum absolute atomic E-state index is 0.327. The molecular weight excluding hydrogens is 262 g/mol. The summed E-state index contributed by atoms with van der Waals surface area (Å²) in [6.07, 6.45) is 5.14. The minimum atomic E-state index is 0.327. The van der Waals surface area contributed by atoms with E-state index < -0.39 is 0 Å². The van der Waals surface area contributed by atoms with E-state index in [2.05, 4.69) is 43.1 Å². The van der Waals surface area contributed by atoms with Gasteiger partial charge in [-0.2, -0.15) is 0 Å². The average Bonchev–Trinajstić information content (AvgIpc) is 2.47. The summed E-state index contributed by atoms with van der Waals surface area (Å²) in [4.78, 5) is 5.06. The highest BCUT2D eigenvalue weighted by Gasteiger charge is 2.35. The smallest absolute Gasteiger partial charge is 0.0546 e. The van der Waals surface area contributed by atoms with Gasteiger partial charge in [0.2, 0.25) is 0 Å². The summed E-state index contributed by atoms with van der Waals surface area (Å²) in [7, 11) is 4.42. The van der Waals surface area contributed by atoms with Gasteiger partial charge in [0.25, 0.3) is 0 Å². The van der Waals surface area contributed by atoms with E-state index >= 15 is 0 Å². The molecule has 0 spiro atoms. The molecule has 2 heterocycles. The number of rotatable bonds is 6. The van der Waals surface area contributed by atoms with E-state index in [4.69, 9.17) is 4.74 Å². The molecule has 21 heavy (non-hydrogen) atoms. The van der Waals surface area contributed by atoms with Crippen LogP contribution in [0.15, 0.2) is 0 Å². The normalized spacial score (nSPS) is 29.4. The van der Waals surface area contributed by atoms with Crippen molar-refractivity contribution in [2.45, 2.75) is 51.6 Å². The van der Waals surface area contributed by atoms with Gasteiger partial charge in [0.15, 0.2) is 0 Å². The van der Waals surface area contributed by atoms with Gasteiger partial charge in [-0.25, -0.2) is 0 Å². The van der Waals surface area contributed by atoms with E-state index in [1.165, 1.54) is 45.3 Å². The van der Waals surface area contributed by atoms with E-state index in [9.17, 15) is 0 Å². The van der Waals surface area contributed by atoms with Crippen molar-refractivity contribution in [2.75, 3.05) is 53.5 Å². The van der Waals surface area contributed by atoms with E-state index in [-0.39, 0.29) is 0 Å². The number of nitrogens with one attached hydrogen (secondary N) is 1. The standard InChI is InChI=1S/C17H35N3O/c1-15(2)18-12-17(8-5-11-21-14-17)13-20-9-6-16(7-10-20)19(3)4/h15-16,18H,5-14H2,1-4H3. The lowest BCUT2D eigenvalue weighted by Gasteiger charge is -2.44. The maximum atomic E-state index is 5.84. The lowest BCUT2D eigenvalue weighted by atomic mass is 9.81. The lowest BCUT2D eigenvalue weighted by Crippen LogP contribution is -2.52. The van der Waals surface area contributed by atoms with Crippen molar-refractivity contribution < 1.29 is 4.74 Å². The van der Waals surface area contributed by atoms with E-state index in [1.807, 2.05) is 0 Å². The molecule has 0 bridgehead atoms. The fraction of sp³-hybridized carbons (Fsp3) is 1.00. The first-order chi connectivity index (χ1) is 10.0. The largest absolute Gasteiger partial charge is 0.381 e. The molecule has 1 N–H and O–H groups in total. The van der Waals surface area contributed by atoms with Crippen LogP contribution in [0.3, 0.4) is 0 Å². The molecule has 0 aromatic heterocycles. The van der Waals surface area contributed by atoms with Crippen molar-refractivity contribution >= 4 is 0 Å². The molecule has 4 heteroatoms. The van der Waals surface area contributed by atoms with Crippen molar-refractivity contribution in [1.29, 1.82) is 0 Å². The molecule has 0 aromatic rings. The third-order valence-corrected chi connectivity index (χ3v) is 5.14. The number of likely N-dealkylation sites (tertiary alicyclic amines) is 1. The Morgan fingerprint density at radius 3 is 2.52 bits per heavy atom. The second-order valence-electron chi connectivity index (χ2n) is 7.66. The monoisotopic (exact) mass is 297 g/mol. The van der Waals surface area contributed by atoms with Crippen molar-refractivity contribution in [3.63, 3.8) is 0 Å². The number of ether oxygens (including phenoxy) is 1. The Bertz CT molecular complexity index is 292.